The molecule has 1 aromatic rings. The van der Waals surface area contributed by atoms with Gasteiger partial charge in [-0.05, 0) is 70.2 Å². The lowest BCUT2D eigenvalue weighted by atomic mass is 9.58. The van der Waals surface area contributed by atoms with Gasteiger partial charge in [0.15, 0.2) is 0 Å². The van der Waals surface area contributed by atoms with Gasteiger partial charge in [-0.2, -0.15) is 0 Å². The number of hydrogen-bond donors (Lipinski definition) is 0. The largest absolute Gasteiger partial charge is 0.500 e. The van der Waals surface area contributed by atoms with E-state index >= 15 is 0 Å². The average molecular weight is 571 g/mol. The zero-order valence-corrected chi connectivity index (χ0v) is 25.4. The van der Waals surface area contributed by atoms with Crippen LogP contribution in [0.2, 0.25) is 0 Å². The lowest BCUT2D eigenvalue weighted by Crippen LogP contribution is -2.61. The Morgan fingerprint density at radius 2 is 1.88 bits per heavy atom. The third-order valence-electron chi connectivity index (χ3n) is 8.47. The van der Waals surface area contributed by atoms with Crippen molar-refractivity contribution < 1.29 is 33.3 Å². The van der Waals surface area contributed by atoms with Crippen LogP contribution in [0.1, 0.15) is 46.1 Å². The molecule has 1 amide bonds. The van der Waals surface area contributed by atoms with Crippen LogP contribution in [0, 0.1) is 17.3 Å². The van der Waals surface area contributed by atoms with Crippen molar-refractivity contribution in [3.05, 3.63) is 54.3 Å². The van der Waals surface area contributed by atoms with Gasteiger partial charge in [-0.25, -0.2) is 4.79 Å². The summed E-state index contributed by atoms with van der Waals surface area (Å²) in [6, 6.07) is 7.17. The fourth-order valence-electron chi connectivity index (χ4n) is 6.94. The van der Waals surface area contributed by atoms with E-state index in [1.807, 2.05) is 62.9 Å². The van der Waals surface area contributed by atoms with Crippen molar-refractivity contribution in [2.45, 2.75) is 64.8 Å². The third kappa shape index (κ3) is 6.56. The average Bonchev–Trinajstić information content (AvgIpc) is 3.25. The van der Waals surface area contributed by atoms with E-state index in [0.717, 1.165) is 23.5 Å². The van der Waals surface area contributed by atoms with Crippen LogP contribution < -0.4 is 4.74 Å². The maximum Gasteiger partial charge on any atom is 0.410 e. The number of esters is 1. The minimum atomic E-state index is -0.606. The summed E-state index contributed by atoms with van der Waals surface area (Å²) in [5.74, 6) is 1.55. The maximum atomic E-state index is 13.3. The van der Waals surface area contributed by atoms with Crippen molar-refractivity contribution in [1.29, 1.82) is 0 Å². The topological polar surface area (TPSA) is 86.8 Å². The molecule has 1 aliphatic carbocycles. The fraction of sp³-hybridized carbons (Fsp3) is 0.625. The number of carbonyl (C=O) groups excluding carboxylic acids is 2. The van der Waals surface area contributed by atoms with Gasteiger partial charge in [0, 0.05) is 31.0 Å². The van der Waals surface area contributed by atoms with Crippen LogP contribution in [0.5, 0.6) is 5.75 Å². The highest BCUT2D eigenvalue weighted by molar-refractivity contribution is 5.77. The van der Waals surface area contributed by atoms with E-state index in [1.54, 1.807) is 14.2 Å². The summed E-state index contributed by atoms with van der Waals surface area (Å²) in [5.41, 5.74) is -0.000229. The normalized spacial score (nSPS) is 27.8. The third-order valence-corrected chi connectivity index (χ3v) is 8.47. The van der Waals surface area contributed by atoms with Crippen LogP contribution in [0.15, 0.2) is 48.8 Å². The van der Waals surface area contributed by atoms with Gasteiger partial charge in [-0.15, -0.1) is 6.58 Å². The smallest absolute Gasteiger partial charge is 0.410 e. The lowest BCUT2D eigenvalue weighted by Gasteiger charge is -2.54. The van der Waals surface area contributed by atoms with Crippen molar-refractivity contribution in [1.82, 2.24) is 9.80 Å². The molecule has 9 heteroatoms. The molecule has 0 radical (unpaired) electrons. The highest BCUT2D eigenvalue weighted by Crippen LogP contribution is 2.58. The van der Waals surface area contributed by atoms with E-state index in [2.05, 4.69) is 17.6 Å². The van der Waals surface area contributed by atoms with E-state index in [-0.39, 0.29) is 29.9 Å². The Bertz CT molecular complexity index is 1110. The second-order valence-corrected chi connectivity index (χ2v) is 12.2. The fourth-order valence-corrected chi connectivity index (χ4v) is 6.94. The Morgan fingerprint density at radius 1 is 1.15 bits per heavy atom. The Balaban J connectivity index is 1.66. The number of methoxy groups -OCH3 is 2. The van der Waals surface area contributed by atoms with Crippen LogP contribution in [0.3, 0.4) is 0 Å². The molecule has 3 aliphatic rings. The summed E-state index contributed by atoms with van der Waals surface area (Å²) < 4.78 is 28.9. The number of likely N-dealkylation sites (tertiary alicyclic amines) is 2. The molecule has 4 rings (SSSR count). The first-order chi connectivity index (χ1) is 19.6. The zero-order valence-electron chi connectivity index (χ0n) is 25.4. The molecule has 2 fully saturated rings. The minimum absolute atomic E-state index is 0.0479. The van der Waals surface area contributed by atoms with Gasteiger partial charge >= 0.3 is 12.1 Å². The maximum absolute atomic E-state index is 13.3. The number of hydrogen-bond acceptors (Lipinski definition) is 8. The first kappa shape index (κ1) is 30.9. The van der Waals surface area contributed by atoms with Gasteiger partial charge in [-0.1, -0.05) is 18.2 Å². The molecule has 1 aromatic carbocycles. The van der Waals surface area contributed by atoms with Gasteiger partial charge in [0.1, 0.15) is 23.2 Å². The number of rotatable bonds is 10. The van der Waals surface area contributed by atoms with Crippen LogP contribution in [0.25, 0.3) is 0 Å². The van der Waals surface area contributed by atoms with Crippen molar-refractivity contribution in [3.8, 4) is 5.75 Å². The number of ether oxygens (including phenoxy) is 5. The number of carbonyl (C=O) groups is 2. The van der Waals surface area contributed by atoms with Gasteiger partial charge in [0.2, 0.25) is 0 Å². The highest BCUT2D eigenvalue weighted by atomic mass is 16.6. The predicted octanol–water partition coefficient (Wildman–Crippen LogP) is 4.81. The van der Waals surface area contributed by atoms with Crippen molar-refractivity contribution in [2.24, 2.45) is 17.3 Å². The molecular weight excluding hydrogens is 524 g/mol. The number of benzene rings is 1. The molecular formula is C32H46N2O7. The molecule has 41 heavy (non-hydrogen) atoms. The zero-order chi connectivity index (χ0) is 29.8. The molecule has 2 aliphatic heterocycles. The lowest BCUT2D eigenvalue weighted by molar-refractivity contribution is -0.148. The van der Waals surface area contributed by atoms with E-state index in [4.69, 9.17) is 23.7 Å². The molecule has 226 valence electrons. The summed E-state index contributed by atoms with van der Waals surface area (Å²) in [6.45, 7) is 14.2. The molecule has 0 bridgehead atoms. The molecule has 0 saturated carbocycles. The number of nitrogens with zero attached hydrogens (tertiary/aromatic N) is 2. The molecule has 0 unspecified atom stereocenters. The second kappa shape index (κ2) is 12.9. The van der Waals surface area contributed by atoms with Crippen LogP contribution in [-0.4, -0.2) is 86.6 Å². The Kier molecular flexibility index (Phi) is 9.70. The minimum Gasteiger partial charge on any atom is -0.500 e. The molecule has 1 spiro atoms. The molecule has 5 atom stereocenters. The van der Waals surface area contributed by atoms with Gasteiger partial charge < -0.3 is 28.6 Å². The number of piperidine rings is 1. The van der Waals surface area contributed by atoms with Crippen LogP contribution in [0.4, 0.5) is 4.79 Å². The quantitative estimate of drug-likeness (QED) is 0.293. The van der Waals surface area contributed by atoms with Crippen LogP contribution in [-0.2, 0) is 30.3 Å². The van der Waals surface area contributed by atoms with Gasteiger partial charge in [0.05, 0.1) is 40.1 Å². The van der Waals surface area contributed by atoms with Crippen LogP contribution >= 0.6 is 0 Å². The second-order valence-electron chi connectivity index (χ2n) is 12.2. The summed E-state index contributed by atoms with van der Waals surface area (Å²) in [6.07, 6.45) is 4.96. The molecule has 9 nitrogen and oxygen atoms in total. The van der Waals surface area contributed by atoms with Crippen molar-refractivity contribution >= 4 is 12.1 Å². The Labute approximate surface area is 244 Å². The monoisotopic (exact) mass is 570 g/mol. The summed E-state index contributed by atoms with van der Waals surface area (Å²) in [5, 5.41) is 0. The Morgan fingerprint density at radius 3 is 2.49 bits per heavy atom. The van der Waals surface area contributed by atoms with Gasteiger partial charge in [0.25, 0.3) is 0 Å². The summed E-state index contributed by atoms with van der Waals surface area (Å²) in [4.78, 5) is 30.6. The molecule has 0 aromatic heterocycles. The predicted molar refractivity (Wildman–Crippen MR) is 155 cm³/mol. The Hall–Kier alpha value is -3.04. The van der Waals surface area contributed by atoms with Gasteiger partial charge in [-0.3, -0.25) is 9.69 Å². The van der Waals surface area contributed by atoms with E-state index in [1.165, 1.54) is 0 Å². The van der Waals surface area contributed by atoms with E-state index < -0.39 is 17.1 Å². The molecule has 2 saturated heterocycles. The van der Waals surface area contributed by atoms with E-state index in [0.29, 0.717) is 45.9 Å². The summed E-state index contributed by atoms with van der Waals surface area (Å²) >= 11 is 0. The molecule has 0 N–H and O–H groups in total. The standard InChI is InChI=1S/C32H46N2O7/c1-8-15-34-26(29(35)40-9-2)18-32-21-33(30(36)41-31(3,4)5)16-14-25(32)23(17-27(38-7)28(32)34)20-39-19-22-10-12-24(37-6)13-11-22/h8,10-13,17,23,25-26,28H,1,9,14-16,18-21H2,2-7H3/t23-,25+,26-,28+,32+/m1/s1. The van der Waals surface area contributed by atoms with Crippen molar-refractivity contribution in [3.63, 3.8) is 0 Å². The summed E-state index contributed by atoms with van der Waals surface area (Å²) in [7, 11) is 3.32. The SMILES string of the molecule is C=CCN1[C@@H](C(=O)OCC)C[C@]23CN(C(=O)OC(C)(C)C)CC[C@H]2[C@@H](COCc2ccc(OC)cc2)C=C(OC)[C@H]13. The van der Waals surface area contributed by atoms with Crippen molar-refractivity contribution in [2.75, 3.05) is 47.1 Å². The number of amides is 1. The first-order valence-electron chi connectivity index (χ1n) is 14.5. The first-order valence-corrected chi connectivity index (χ1v) is 14.5. The van der Waals surface area contributed by atoms with E-state index in [9.17, 15) is 9.59 Å². The highest BCUT2D eigenvalue weighted by Gasteiger charge is 2.64. The molecule has 2 heterocycles.